The van der Waals surface area contributed by atoms with E-state index in [4.69, 9.17) is 4.74 Å². The van der Waals surface area contributed by atoms with Gasteiger partial charge in [-0.1, -0.05) is 35.0 Å². The highest BCUT2D eigenvalue weighted by atomic mass is 79.9. The second-order valence-electron chi connectivity index (χ2n) is 4.79. The normalized spacial score (nSPS) is 10.2. The minimum absolute atomic E-state index is 0.000968. The van der Waals surface area contributed by atoms with Gasteiger partial charge in [-0.3, -0.25) is 4.79 Å². The summed E-state index contributed by atoms with van der Waals surface area (Å²) in [5.74, 6) is 0.537. The maximum atomic E-state index is 11.9. The van der Waals surface area contributed by atoms with Crippen LogP contribution in [0.2, 0.25) is 0 Å². The molecule has 0 spiro atoms. The van der Waals surface area contributed by atoms with E-state index in [1.807, 2.05) is 49.4 Å². The molecule has 0 radical (unpaired) electrons. The minimum atomic E-state index is -0.167. The van der Waals surface area contributed by atoms with Gasteiger partial charge in [-0.25, -0.2) is 0 Å². The number of aryl methyl sites for hydroxylation is 2. The Kier molecular flexibility index (Phi) is 5.39. The zero-order chi connectivity index (χ0) is 15.2. The zero-order valence-electron chi connectivity index (χ0n) is 12.2. The molecule has 0 aliphatic rings. The SMILES string of the molecule is CCc1ccc(OCC(=O)Nc2ccc(Br)cc2C)cc1. The van der Waals surface area contributed by atoms with E-state index in [0.29, 0.717) is 5.75 Å². The number of hydrogen-bond donors (Lipinski definition) is 1. The van der Waals surface area contributed by atoms with Gasteiger partial charge in [0.15, 0.2) is 6.61 Å². The Balaban J connectivity index is 1.89. The fraction of sp³-hybridized carbons (Fsp3) is 0.235. The quantitative estimate of drug-likeness (QED) is 0.873. The highest BCUT2D eigenvalue weighted by molar-refractivity contribution is 9.10. The van der Waals surface area contributed by atoms with Gasteiger partial charge in [-0.15, -0.1) is 0 Å². The minimum Gasteiger partial charge on any atom is -0.484 e. The number of anilines is 1. The van der Waals surface area contributed by atoms with E-state index >= 15 is 0 Å². The van der Waals surface area contributed by atoms with Gasteiger partial charge < -0.3 is 10.1 Å². The third kappa shape index (κ3) is 4.60. The molecule has 0 aromatic heterocycles. The van der Waals surface area contributed by atoms with Crippen LogP contribution in [-0.4, -0.2) is 12.5 Å². The van der Waals surface area contributed by atoms with Gasteiger partial charge in [0.25, 0.3) is 5.91 Å². The van der Waals surface area contributed by atoms with Crippen molar-refractivity contribution in [2.24, 2.45) is 0 Å². The number of ether oxygens (including phenoxy) is 1. The fourth-order valence-electron chi connectivity index (χ4n) is 1.92. The van der Waals surface area contributed by atoms with Crippen molar-refractivity contribution in [2.45, 2.75) is 20.3 Å². The van der Waals surface area contributed by atoms with E-state index in [9.17, 15) is 4.79 Å². The molecule has 0 aliphatic carbocycles. The van der Waals surface area contributed by atoms with Crippen LogP contribution in [0, 0.1) is 6.92 Å². The molecule has 0 heterocycles. The first-order valence-electron chi connectivity index (χ1n) is 6.86. The average molecular weight is 348 g/mol. The molecule has 0 unspecified atom stereocenters. The largest absolute Gasteiger partial charge is 0.484 e. The second-order valence-corrected chi connectivity index (χ2v) is 5.71. The van der Waals surface area contributed by atoms with Crippen LogP contribution in [0.1, 0.15) is 18.1 Å². The van der Waals surface area contributed by atoms with E-state index in [1.54, 1.807) is 0 Å². The van der Waals surface area contributed by atoms with Gasteiger partial charge >= 0.3 is 0 Å². The van der Waals surface area contributed by atoms with Crippen LogP contribution in [0.15, 0.2) is 46.9 Å². The number of nitrogens with one attached hydrogen (secondary N) is 1. The Labute approximate surface area is 133 Å². The van der Waals surface area contributed by atoms with E-state index < -0.39 is 0 Å². The summed E-state index contributed by atoms with van der Waals surface area (Å²) in [5, 5.41) is 2.85. The van der Waals surface area contributed by atoms with E-state index in [-0.39, 0.29) is 12.5 Å². The van der Waals surface area contributed by atoms with E-state index in [1.165, 1.54) is 5.56 Å². The van der Waals surface area contributed by atoms with Gasteiger partial charge in [0, 0.05) is 10.2 Å². The van der Waals surface area contributed by atoms with Crippen molar-refractivity contribution in [2.75, 3.05) is 11.9 Å². The van der Waals surface area contributed by atoms with Crippen molar-refractivity contribution in [3.63, 3.8) is 0 Å². The standard InChI is InChI=1S/C17H18BrNO2/c1-3-13-4-7-15(8-5-13)21-11-17(20)19-16-9-6-14(18)10-12(16)2/h4-10H,3,11H2,1-2H3,(H,19,20). The summed E-state index contributed by atoms with van der Waals surface area (Å²) in [6, 6.07) is 13.5. The number of amides is 1. The summed E-state index contributed by atoms with van der Waals surface area (Å²) < 4.78 is 6.47. The lowest BCUT2D eigenvalue weighted by Gasteiger charge is -2.10. The molecule has 0 aliphatic heterocycles. The molecule has 2 rings (SSSR count). The molecular formula is C17H18BrNO2. The number of carbonyl (C=O) groups excluding carboxylic acids is 1. The van der Waals surface area contributed by atoms with E-state index in [2.05, 4.69) is 28.2 Å². The average Bonchev–Trinajstić information content (AvgIpc) is 2.48. The summed E-state index contributed by atoms with van der Waals surface area (Å²) in [4.78, 5) is 11.9. The molecule has 21 heavy (non-hydrogen) atoms. The molecule has 1 amide bonds. The number of carbonyl (C=O) groups is 1. The summed E-state index contributed by atoms with van der Waals surface area (Å²) in [7, 11) is 0. The Morgan fingerprint density at radius 3 is 2.52 bits per heavy atom. The summed E-state index contributed by atoms with van der Waals surface area (Å²) in [6.07, 6.45) is 0.990. The molecule has 4 heteroatoms. The number of halogens is 1. The molecule has 0 saturated carbocycles. The summed E-state index contributed by atoms with van der Waals surface area (Å²) in [6.45, 7) is 4.05. The molecule has 2 aromatic rings. The first-order chi connectivity index (χ1) is 10.1. The van der Waals surface area contributed by atoms with Crippen molar-refractivity contribution in [1.29, 1.82) is 0 Å². The van der Waals surface area contributed by atoms with Gasteiger partial charge in [-0.05, 0) is 54.8 Å². The number of hydrogen-bond acceptors (Lipinski definition) is 2. The molecule has 2 aromatic carbocycles. The van der Waals surface area contributed by atoms with Crippen molar-refractivity contribution in [3.8, 4) is 5.75 Å². The zero-order valence-corrected chi connectivity index (χ0v) is 13.7. The van der Waals surface area contributed by atoms with Crippen molar-refractivity contribution in [1.82, 2.24) is 0 Å². The van der Waals surface area contributed by atoms with Crippen molar-refractivity contribution < 1.29 is 9.53 Å². The van der Waals surface area contributed by atoms with Crippen LogP contribution in [0.3, 0.4) is 0 Å². The van der Waals surface area contributed by atoms with Crippen LogP contribution >= 0.6 is 15.9 Å². The van der Waals surface area contributed by atoms with Crippen LogP contribution in [0.5, 0.6) is 5.75 Å². The monoisotopic (exact) mass is 347 g/mol. The maximum absolute atomic E-state index is 11.9. The summed E-state index contributed by atoms with van der Waals surface area (Å²) >= 11 is 3.40. The second kappa shape index (κ2) is 7.27. The van der Waals surface area contributed by atoms with Gasteiger partial charge in [-0.2, -0.15) is 0 Å². The smallest absolute Gasteiger partial charge is 0.262 e. The lowest BCUT2D eigenvalue weighted by Crippen LogP contribution is -2.20. The van der Waals surface area contributed by atoms with Crippen LogP contribution < -0.4 is 10.1 Å². The number of rotatable bonds is 5. The first kappa shape index (κ1) is 15.6. The molecule has 0 saturated heterocycles. The Hall–Kier alpha value is -1.81. The Bertz CT molecular complexity index is 623. The molecule has 110 valence electrons. The molecule has 0 atom stereocenters. The fourth-order valence-corrected chi connectivity index (χ4v) is 2.40. The third-order valence-corrected chi connectivity index (χ3v) is 3.66. The van der Waals surface area contributed by atoms with Crippen molar-refractivity contribution >= 4 is 27.5 Å². The Morgan fingerprint density at radius 2 is 1.90 bits per heavy atom. The van der Waals surface area contributed by atoms with Crippen LogP contribution in [0.4, 0.5) is 5.69 Å². The van der Waals surface area contributed by atoms with E-state index in [0.717, 1.165) is 22.1 Å². The van der Waals surface area contributed by atoms with Crippen LogP contribution in [0.25, 0.3) is 0 Å². The van der Waals surface area contributed by atoms with Crippen LogP contribution in [-0.2, 0) is 11.2 Å². The summed E-state index contributed by atoms with van der Waals surface area (Å²) in [5.41, 5.74) is 3.05. The maximum Gasteiger partial charge on any atom is 0.262 e. The molecule has 0 fully saturated rings. The Morgan fingerprint density at radius 1 is 1.19 bits per heavy atom. The van der Waals surface area contributed by atoms with Gasteiger partial charge in [0.1, 0.15) is 5.75 Å². The molecule has 1 N–H and O–H groups in total. The first-order valence-corrected chi connectivity index (χ1v) is 7.65. The predicted molar refractivity (Wildman–Crippen MR) is 88.8 cm³/mol. The lowest BCUT2D eigenvalue weighted by atomic mass is 10.2. The molecule has 0 bridgehead atoms. The lowest BCUT2D eigenvalue weighted by molar-refractivity contribution is -0.118. The highest BCUT2D eigenvalue weighted by Gasteiger charge is 2.06. The predicted octanol–water partition coefficient (Wildman–Crippen LogP) is 4.34. The molecular weight excluding hydrogens is 330 g/mol. The third-order valence-electron chi connectivity index (χ3n) is 3.16. The van der Waals surface area contributed by atoms with Gasteiger partial charge in [0.2, 0.25) is 0 Å². The number of benzene rings is 2. The topological polar surface area (TPSA) is 38.3 Å². The van der Waals surface area contributed by atoms with Crippen molar-refractivity contribution in [3.05, 3.63) is 58.1 Å². The van der Waals surface area contributed by atoms with Gasteiger partial charge in [0.05, 0.1) is 0 Å². The molecule has 3 nitrogen and oxygen atoms in total. The highest BCUT2D eigenvalue weighted by Crippen LogP contribution is 2.20.